The van der Waals surface area contributed by atoms with Crippen molar-refractivity contribution in [1.82, 2.24) is 0 Å². The van der Waals surface area contributed by atoms with E-state index in [0.29, 0.717) is 18.7 Å². The van der Waals surface area contributed by atoms with E-state index in [1.807, 2.05) is 0 Å². The summed E-state index contributed by atoms with van der Waals surface area (Å²) in [6.07, 6.45) is -4.74. The van der Waals surface area contributed by atoms with Gasteiger partial charge in [0.25, 0.3) is 5.69 Å². The first kappa shape index (κ1) is 19.0. The van der Waals surface area contributed by atoms with Gasteiger partial charge in [0.05, 0.1) is 15.4 Å². The van der Waals surface area contributed by atoms with Crippen LogP contribution in [-0.2, 0) is 6.18 Å². The molecule has 0 aliphatic heterocycles. The van der Waals surface area contributed by atoms with Crippen LogP contribution in [-0.4, -0.2) is 16.4 Å². The van der Waals surface area contributed by atoms with Gasteiger partial charge in [-0.05, 0) is 25.1 Å². The molecule has 0 amide bonds. The second kappa shape index (κ2) is 7.25. The quantitative estimate of drug-likeness (QED) is 0.580. The smallest absolute Gasteiger partial charge is 0.416 e. The van der Waals surface area contributed by atoms with Gasteiger partial charge in [-0.15, -0.1) is 0 Å². The standard InChI is InChI=1S/C15H12F3N3O5/c1-2-19-11-8-10(4-5-12(11)20(22)23)26-14-6-3-9(15(16,17)18)7-13(14)21(24)25/h3-8,19H,2H2,1H3. The van der Waals surface area contributed by atoms with E-state index >= 15 is 0 Å². The first-order valence-electron chi connectivity index (χ1n) is 7.19. The molecule has 0 saturated carbocycles. The Bertz CT molecular complexity index is 855. The van der Waals surface area contributed by atoms with Crippen molar-refractivity contribution in [2.75, 3.05) is 11.9 Å². The minimum Gasteiger partial charge on any atom is -0.450 e. The highest BCUT2D eigenvalue weighted by Crippen LogP contribution is 2.39. The predicted molar refractivity (Wildman–Crippen MR) is 85.4 cm³/mol. The molecular weight excluding hydrogens is 359 g/mol. The first-order valence-corrected chi connectivity index (χ1v) is 7.19. The lowest BCUT2D eigenvalue weighted by Gasteiger charge is -2.11. The summed E-state index contributed by atoms with van der Waals surface area (Å²) in [5.41, 5.74) is -2.18. The molecule has 0 unspecified atom stereocenters. The SMILES string of the molecule is CCNc1cc(Oc2ccc(C(F)(F)F)cc2[N+](=O)[O-])ccc1[N+](=O)[O-]. The molecule has 2 aromatic rings. The average molecular weight is 371 g/mol. The molecule has 0 bridgehead atoms. The molecule has 2 rings (SSSR count). The van der Waals surface area contributed by atoms with Gasteiger partial charge in [-0.3, -0.25) is 20.2 Å². The minimum atomic E-state index is -4.74. The highest BCUT2D eigenvalue weighted by atomic mass is 19.4. The van der Waals surface area contributed by atoms with Crippen LogP contribution >= 0.6 is 0 Å². The zero-order valence-corrected chi connectivity index (χ0v) is 13.2. The number of nitro groups is 2. The number of benzene rings is 2. The van der Waals surface area contributed by atoms with Gasteiger partial charge >= 0.3 is 11.9 Å². The van der Waals surface area contributed by atoms with E-state index in [4.69, 9.17) is 4.74 Å². The van der Waals surface area contributed by atoms with Gasteiger partial charge in [0, 0.05) is 24.7 Å². The fraction of sp³-hybridized carbons (Fsp3) is 0.200. The Balaban J connectivity index is 2.43. The van der Waals surface area contributed by atoms with Gasteiger partial charge in [-0.1, -0.05) is 0 Å². The summed E-state index contributed by atoms with van der Waals surface area (Å²) in [6.45, 7) is 2.07. The summed E-state index contributed by atoms with van der Waals surface area (Å²) in [7, 11) is 0. The number of alkyl halides is 3. The number of anilines is 1. The van der Waals surface area contributed by atoms with Crippen molar-refractivity contribution in [3.8, 4) is 11.5 Å². The molecule has 0 radical (unpaired) electrons. The van der Waals surface area contributed by atoms with E-state index in [9.17, 15) is 33.4 Å². The van der Waals surface area contributed by atoms with Crippen molar-refractivity contribution in [3.63, 3.8) is 0 Å². The van der Waals surface area contributed by atoms with Crippen molar-refractivity contribution in [2.24, 2.45) is 0 Å². The van der Waals surface area contributed by atoms with Crippen molar-refractivity contribution in [3.05, 3.63) is 62.2 Å². The normalized spacial score (nSPS) is 11.1. The van der Waals surface area contributed by atoms with Gasteiger partial charge in [0.1, 0.15) is 11.4 Å². The Morgan fingerprint density at radius 1 is 1.04 bits per heavy atom. The Labute approximate surface area is 144 Å². The molecule has 26 heavy (non-hydrogen) atoms. The van der Waals surface area contributed by atoms with Crippen LogP contribution in [0.4, 0.5) is 30.2 Å². The van der Waals surface area contributed by atoms with Gasteiger partial charge < -0.3 is 10.1 Å². The fourth-order valence-corrected chi connectivity index (χ4v) is 2.12. The summed E-state index contributed by atoms with van der Waals surface area (Å²) in [5.74, 6) is -0.422. The maximum Gasteiger partial charge on any atom is 0.416 e. The largest absolute Gasteiger partial charge is 0.450 e. The maximum absolute atomic E-state index is 12.7. The molecule has 0 atom stereocenters. The van der Waals surface area contributed by atoms with E-state index in [-0.39, 0.29) is 17.1 Å². The summed E-state index contributed by atoms with van der Waals surface area (Å²) in [5, 5.41) is 24.8. The van der Waals surface area contributed by atoms with Crippen molar-refractivity contribution < 1.29 is 27.8 Å². The molecule has 8 nitrogen and oxygen atoms in total. The predicted octanol–water partition coefficient (Wildman–Crippen LogP) is 4.75. The van der Waals surface area contributed by atoms with Crippen molar-refractivity contribution in [1.29, 1.82) is 0 Å². The van der Waals surface area contributed by atoms with Crippen molar-refractivity contribution >= 4 is 17.1 Å². The molecule has 11 heteroatoms. The monoisotopic (exact) mass is 371 g/mol. The van der Waals surface area contributed by atoms with Crippen LogP contribution < -0.4 is 10.1 Å². The van der Waals surface area contributed by atoms with Gasteiger partial charge in [0.15, 0.2) is 0 Å². The number of nitrogens with one attached hydrogen (secondary N) is 1. The second-order valence-corrected chi connectivity index (χ2v) is 5.01. The number of nitro benzene ring substituents is 2. The zero-order chi connectivity index (χ0) is 19.5. The Morgan fingerprint density at radius 3 is 2.23 bits per heavy atom. The number of hydrogen-bond acceptors (Lipinski definition) is 6. The average Bonchev–Trinajstić information content (AvgIpc) is 2.54. The number of nitrogens with zero attached hydrogens (tertiary/aromatic N) is 2. The molecule has 0 fully saturated rings. The molecule has 0 aliphatic rings. The number of halogens is 3. The number of rotatable bonds is 6. The lowest BCUT2D eigenvalue weighted by molar-refractivity contribution is -0.385. The van der Waals surface area contributed by atoms with Crippen LogP contribution in [0.3, 0.4) is 0 Å². The molecule has 0 spiro atoms. The lowest BCUT2D eigenvalue weighted by atomic mass is 10.2. The summed E-state index contributed by atoms with van der Waals surface area (Å²) in [6, 6.07) is 5.41. The maximum atomic E-state index is 12.7. The summed E-state index contributed by atoms with van der Waals surface area (Å²) < 4.78 is 43.4. The van der Waals surface area contributed by atoms with Crippen LogP contribution in [0, 0.1) is 20.2 Å². The van der Waals surface area contributed by atoms with E-state index in [2.05, 4.69) is 5.32 Å². The zero-order valence-electron chi connectivity index (χ0n) is 13.2. The molecule has 2 aromatic carbocycles. The third-order valence-corrected chi connectivity index (χ3v) is 3.24. The Morgan fingerprint density at radius 2 is 1.69 bits per heavy atom. The minimum absolute atomic E-state index is 0.00518. The molecule has 0 saturated heterocycles. The van der Waals surface area contributed by atoms with Crippen LogP contribution in [0.1, 0.15) is 12.5 Å². The molecular formula is C15H12F3N3O5. The van der Waals surface area contributed by atoms with Gasteiger partial charge in [-0.25, -0.2) is 0 Å². The molecule has 0 aromatic heterocycles. The Hall–Kier alpha value is -3.37. The van der Waals surface area contributed by atoms with Gasteiger partial charge in [-0.2, -0.15) is 13.2 Å². The van der Waals surface area contributed by atoms with Crippen molar-refractivity contribution in [2.45, 2.75) is 13.1 Å². The molecule has 1 N–H and O–H groups in total. The van der Waals surface area contributed by atoms with Crippen LogP contribution in [0.15, 0.2) is 36.4 Å². The van der Waals surface area contributed by atoms with E-state index in [0.717, 1.165) is 12.1 Å². The van der Waals surface area contributed by atoms with E-state index < -0.39 is 33.0 Å². The highest BCUT2D eigenvalue weighted by molar-refractivity contribution is 5.65. The fourth-order valence-electron chi connectivity index (χ4n) is 2.12. The highest BCUT2D eigenvalue weighted by Gasteiger charge is 2.33. The Kier molecular flexibility index (Phi) is 5.29. The molecule has 0 heterocycles. The van der Waals surface area contributed by atoms with Crippen LogP contribution in [0.25, 0.3) is 0 Å². The van der Waals surface area contributed by atoms with E-state index in [1.165, 1.54) is 12.1 Å². The number of ether oxygens (including phenoxy) is 1. The van der Waals surface area contributed by atoms with Gasteiger partial charge in [0.2, 0.25) is 5.75 Å². The topological polar surface area (TPSA) is 108 Å². The third-order valence-electron chi connectivity index (χ3n) is 3.24. The van der Waals surface area contributed by atoms with Crippen LogP contribution in [0.5, 0.6) is 11.5 Å². The second-order valence-electron chi connectivity index (χ2n) is 5.01. The first-order chi connectivity index (χ1) is 12.1. The molecule has 0 aliphatic carbocycles. The summed E-state index contributed by atoms with van der Waals surface area (Å²) >= 11 is 0. The lowest BCUT2D eigenvalue weighted by Crippen LogP contribution is -2.06. The van der Waals surface area contributed by atoms with Crippen LogP contribution in [0.2, 0.25) is 0 Å². The molecule has 138 valence electrons. The van der Waals surface area contributed by atoms with E-state index in [1.54, 1.807) is 6.92 Å². The summed E-state index contributed by atoms with van der Waals surface area (Å²) in [4.78, 5) is 20.4. The number of hydrogen-bond donors (Lipinski definition) is 1. The third kappa shape index (κ3) is 4.18.